The third-order valence-electron chi connectivity index (χ3n) is 2.61. The number of H-pyrrole nitrogens is 1. The van der Waals surface area contributed by atoms with Crippen LogP contribution in [0, 0.1) is 11.3 Å². The second-order valence-electron chi connectivity index (χ2n) is 3.59. The summed E-state index contributed by atoms with van der Waals surface area (Å²) in [6, 6.07) is 2.12. The maximum absolute atomic E-state index is 11.2. The topological polar surface area (TPSA) is 69.5 Å². The molecule has 1 N–H and O–H groups in total. The first-order valence-electron chi connectivity index (χ1n) is 4.74. The maximum Gasteiger partial charge on any atom is 0.345 e. The number of aromatic nitrogens is 2. The number of nitriles is 1. The number of fused-ring (bicyclic) bond motifs is 1. The Morgan fingerprint density at radius 1 is 1.57 bits per heavy atom. The van der Waals surface area contributed by atoms with Crippen LogP contribution in [-0.4, -0.2) is 9.97 Å². The van der Waals surface area contributed by atoms with E-state index >= 15 is 0 Å². The van der Waals surface area contributed by atoms with Crippen LogP contribution in [0.1, 0.15) is 36.2 Å². The van der Waals surface area contributed by atoms with E-state index in [1.54, 1.807) is 6.92 Å². The van der Waals surface area contributed by atoms with Gasteiger partial charge in [0.2, 0.25) is 0 Å². The standard InChI is InChI=1S/C10H11N3O/c1-6(5-11)9-7-3-2-4-8(7)12-10(14)13-9/h6H,2-4H2,1H3,(H,12,13,14). The van der Waals surface area contributed by atoms with Crippen molar-refractivity contribution in [2.45, 2.75) is 32.1 Å². The smallest absolute Gasteiger partial charge is 0.310 e. The summed E-state index contributed by atoms with van der Waals surface area (Å²) in [5, 5.41) is 8.81. The fraction of sp³-hybridized carbons (Fsp3) is 0.500. The van der Waals surface area contributed by atoms with Gasteiger partial charge in [-0.3, -0.25) is 0 Å². The van der Waals surface area contributed by atoms with Gasteiger partial charge in [-0.05, 0) is 31.7 Å². The van der Waals surface area contributed by atoms with E-state index in [1.165, 1.54) is 0 Å². The quantitative estimate of drug-likeness (QED) is 0.713. The van der Waals surface area contributed by atoms with Gasteiger partial charge in [-0.15, -0.1) is 0 Å². The van der Waals surface area contributed by atoms with E-state index in [0.717, 1.165) is 30.5 Å². The zero-order chi connectivity index (χ0) is 10.1. The number of nitrogens with one attached hydrogen (secondary N) is 1. The van der Waals surface area contributed by atoms with Crippen LogP contribution >= 0.6 is 0 Å². The van der Waals surface area contributed by atoms with Gasteiger partial charge in [-0.2, -0.15) is 10.2 Å². The van der Waals surface area contributed by atoms with Crippen LogP contribution in [0.3, 0.4) is 0 Å². The Labute approximate surface area is 81.6 Å². The molecule has 1 aromatic rings. The molecule has 1 aliphatic carbocycles. The van der Waals surface area contributed by atoms with Crippen LogP contribution in [0.5, 0.6) is 0 Å². The molecule has 72 valence electrons. The molecule has 1 aliphatic rings. The van der Waals surface area contributed by atoms with Crippen molar-refractivity contribution in [2.24, 2.45) is 0 Å². The molecule has 0 saturated heterocycles. The van der Waals surface area contributed by atoms with Crippen LogP contribution in [0.4, 0.5) is 0 Å². The largest absolute Gasteiger partial charge is 0.345 e. The van der Waals surface area contributed by atoms with Crippen LogP contribution < -0.4 is 5.69 Å². The van der Waals surface area contributed by atoms with Crippen molar-refractivity contribution in [2.75, 3.05) is 0 Å². The van der Waals surface area contributed by atoms with Gasteiger partial charge >= 0.3 is 5.69 Å². The monoisotopic (exact) mass is 189 g/mol. The van der Waals surface area contributed by atoms with Gasteiger partial charge in [0.05, 0.1) is 17.7 Å². The summed E-state index contributed by atoms with van der Waals surface area (Å²) in [6.45, 7) is 1.78. The highest BCUT2D eigenvalue weighted by molar-refractivity contribution is 5.33. The van der Waals surface area contributed by atoms with Crippen LogP contribution in [0.15, 0.2) is 4.79 Å². The number of aryl methyl sites for hydroxylation is 1. The second-order valence-corrected chi connectivity index (χ2v) is 3.59. The number of hydrogen-bond acceptors (Lipinski definition) is 3. The Hall–Kier alpha value is -1.63. The highest BCUT2D eigenvalue weighted by Crippen LogP contribution is 2.25. The lowest BCUT2D eigenvalue weighted by atomic mass is 10.0. The number of aromatic amines is 1. The van der Waals surface area contributed by atoms with Crippen molar-refractivity contribution in [3.8, 4) is 6.07 Å². The van der Waals surface area contributed by atoms with E-state index in [-0.39, 0.29) is 11.6 Å². The number of nitrogens with zero attached hydrogens (tertiary/aromatic N) is 2. The average molecular weight is 189 g/mol. The summed E-state index contributed by atoms with van der Waals surface area (Å²) in [5.74, 6) is -0.288. The van der Waals surface area contributed by atoms with Gasteiger partial charge in [-0.25, -0.2) is 4.79 Å². The minimum Gasteiger partial charge on any atom is -0.310 e. The molecule has 2 rings (SSSR count). The van der Waals surface area contributed by atoms with E-state index < -0.39 is 0 Å². The molecule has 0 aromatic carbocycles. The van der Waals surface area contributed by atoms with Gasteiger partial charge in [0.25, 0.3) is 0 Å². The van der Waals surface area contributed by atoms with E-state index in [0.29, 0.717) is 5.69 Å². The lowest BCUT2D eigenvalue weighted by Gasteiger charge is -2.07. The molecule has 4 heteroatoms. The molecule has 1 aromatic heterocycles. The minimum atomic E-state index is -0.331. The first-order chi connectivity index (χ1) is 6.72. The summed E-state index contributed by atoms with van der Waals surface area (Å²) < 4.78 is 0. The van der Waals surface area contributed by atoms with Crippen LogP contribution in [0.2, 0.25) is 0 Å². The lowest BCUT2D eigenvalue weighted by molar-refractivity contribution is 0.846. The molecule has 4 nitrogen and oxygen atoms in total. The van der Waals surface area contributed by atoms with Crippen molar-refractivity contribution < 1.29 is 0 Å². The minimum absolute atomic E-state index is 0.288. The molecular formula is C10H11N3O. The van der Waals surface area contributed by atoms with Gasteiger partial charge in [-0.1, -0.05) is 0 Å². The Morgan fingerprint density at radius 3 is 3.07 bits per heavy atom. The summed E-state index contributed by atoms with van der Waals surface area (Å²) in [4.78, 5) is 17.8. The summed E-state index contributed by atoms with van der Waals surface area (Å²) in [7, 11) is 0. The first-order valence-corrected chi connectivity index (χ1v) is 4.74. The summed E-state index contributed by atoms with van der Waals surface area (Å²) in [6.07, 6.45) is 2.88. The van der Waals surface area contributed by atoms with Gasteiger partial charge in [0.1, 0.15) is 0 Å². The van der Waals surface area contributed by atoms with E-state index in [4.69, 9.17) is 5.26 Å². The molecular weight excluding hydrogens is 178 g/mol. The lowest BCUT2D eigenvalue weighted by Crippen LogP contribution is -2.17. The second kappa shape index (κ2) is 3.26. The third kappa shape index (κ3) is 1.31. The molecule has 0 fully saturated rings. The van der Waals surface area contributed by atoms with Crippen molar-refractivity contribution in [1.82, 2.24) is 9.97 Å². The molecule has 0 spiro atoms. The Bertz CT molecular complexity index is 455. The number of rotatable bonds is 1. The first kappa shape index (κ1) is 8.95. The predicted molar refractivity (Wildman–Crippen MR) is 50.9 cm³/mol. The molecule has 0 amide bonds. The van der Waals surface area contributed by atoms with Crippen molar-refractivity contribution >= 4 is 0 Å². The molecule has 0 bridgehead atoms. The molecule has 1 heterocycles. The Kier molecular flexibility index (Phi) is 2.08. The van der Waals surface area contributed by atoms with E-state index in [9.17, 15) is 4.79 Å². The van der Waals surface area contributed by atoms with Gasteiger partial charge in [0.15, 0.2) is 0 Å². The van der Waals surface area contributed by atoms with Crippen LogP contribution in [0.25, 0.3) is 0 Å². The molecule has 0 radical (unpaired) electrons. The summed E-state index contributed by atoms with van der Waals surface area (Å²) in [5.41, 5.74) is 2.40. The Balaban J connectivity index is 2.61. The zero-order valence-electron chi connectivity index (χ0n) is 8.00. The molecule has 0 aliphatic heterocycles. The van der Waals surface area contributed by atoms with E-state index in [1.807, 2.05) is 0 Å². The van der Waals surface area contributed by atoms with Crippen molar-refractivity contribution in [1.29, 1.82) is 5.26 Å². The normalized spacial score (nSPS) is 16.0. The summed E-state index contributed by atoms with van der Waals surface area (Å²) >= 11 is 0. The van der Waals surface area contributed by atoms with Crippen LogP contribution in [-0.2, 0) is 12.8 Å². The molecule has 0 saturated carbocycles. The van der Waals surface area contributed by atoms with Gasteiger partial charge < -0.3 is 4.98 Å². The highest BCUT2D eigenvalue weighted by Gasteiger charge is 2.20. The zero-order valence-corrected chi connectivity index (χ0v) is 8.00. The molecule has 14 heavy (non-hydrogen) atoms. The highest BCUT2D eigenvalue weighted by atomic mass is 16.1. The average Bonchev–Trinajstić information content (AvgIpc) is 2.62. The predicted octanol–water partition coefficient (Wildman–Crippen LogP) is 0.886. The fourth-order valence-corrected chi connectivity index (χ4v) is 1.92. The van der Waals surface area contributed by atoms with Crippen molar-refractivity contribution in [3.63, 3.8) is 0 Å². The van der Waals surface area contributed by atoms with Gasteiger partial charge in [0, 0.05) is 5.69 Å². The van der Waals surface area contributed by atoms with Crippen molar-refractivity contribution in [3.05, 3.63) is 27.4 Å². The maximum atomic E-state index is 11.2. The number of hydrogen-bond donors (Lipinski definition) is 1. The third-order valence-corrected chi connectivity index (χ3v) is 2.61. The Morgan fingerprint density at radius 2 is 2.36 bits per heavy atom. The molecule has 1 atom stereocenters. The fourth-order valence-electron chi connectivity index (χ4n) is 1.92. The van der Waals surface area contributed by atoms with E-state index in [2.05, 4.69) is 16.0 Å². The SMILES string of the molecule is CC(C#N)c1nc(=O)[nH]c2c1CCC2. The molecule has 1 unspecified atom stereocenters.